The van der Waals surface area contributed by atoms with Gasteiger partial charge in [0.05, 0.1) is 29.5 Å². The summed E-state index contributed by atoms with van der Waals surface area (Å²) in [4.78, 5) is 7.37. The number of nitrogens with zero attached hydrogens (tertiary/aromatic N) is 2. The van der Waals surface area contributed by atoms with Crippen LogP contribution in [0, 0.1) is 16.4 Å². The van der Waals surface area contributed by atoms with Crippen molar-refractivity contribution in [3.05, 3.63) is 33.5 Å². The number of rotatable bonds is 5. The molecule has 2 aromatic rings. The van der Waals surface area contributed by atoms with Gasteiger partial charge >= 0.3 is 0 Å². The molecule has 3 nitrogen and oxygen atoms in total. The molecule has 4 rings (SSSR count). The van der Waals surface area contributed by atoms with Crippen molar-refractivity contribution in [2.75, 3.05) is 24.7 Å². The molecule has 1 aromatic carbocycles. The van der Waals surface area contributed by atoms with Gasteiger partial charge in [0.1, 0.15) is 0 Å². The van der Waals surface area contributed by atoms with Crippen LogP contribution in [0.25, 0.3) is 10.9 Å². The van der Waals surface area contributed by atoms with Gasteiger partial charge < -0.3 is 9.64 Å². The fourth-order valence-corrected chi connectivity index (χ4v) is 3.97. The number of benzene rings is 1. The Balaban J connectivity index is 1.56. The number of hydrogen-bond donors (Lipinski definition) is 0. The Morgan fingerprint density at radius 2 is 2.09 bits per heavy atom. The topological polar surface area (TPSA) is 25.4 Å². The van der Waals surface area contributed by atoms with E-state index >= 15 is 0 Å². The van der Waals surface area contributed by atoms with Crippen LogP contribution in [0.3, 0.4) is 0 Å². The normalized spacial score (nSPS) is 21.3. The first-order valence-electron chi connectivity index (χ1n) is 8.62. The molecule has 0 spiro atoms. The van der Waals surface area contributed by atoms with Crippen LogP contribution in [0.2, 0.25) is 0 Å². The molecule has 2 heterocycles. The van der Waals surface area contributed by atoms with Crippen molar-refractivity contribution in [1.82, 2.24) is 4.98 Å². The lowest BCUT2D eigenvalue weighted by Gasteiger charge is -2.28. The average molecular weight is 422 g/mol. The molecule has 1 aliphatic heterocycles. The molecule has 1 saturated carbocycles. The third-order valence-corrected chi connectivity index (χ3v) is 5.66. The molecule has 1 aromatic heterocycles. The van der Waals surface area contributed by atoms with Gasteiger partial charge in [0.25, 0.3) is 0 Å². The summed E-state index contributed by atoms with van der Waals surface area (Å²) in [5.41, 5.74) is 3.52. The van der Waals surface area contributed by atoms with E-state index in [4.69, 9.17) is 9.72 Å². The lowest BCUT2D eigenvalue weighted by molar-refractivity contribution is 0.112. The quantitative estimate of drug-likeness (QED) is 0.662. The molecular formula is C19H23IN2O. The molecule has 2 aliphatic rings. The van der Waals surface area contributed by atoms with Crippen molar-refractivity contribution in [3.8, 4) is 0 Å². The first-order chi connectivity index (χ1) is 11.2. The van der Waals surface area contributed by atoms with Crippen molar-refractivity contribution in [2.24, 2.45) is 5.92 Å². The van der Waals surface area contributed by atoms with E-state index in [1.807, 2.05) is 0 Å². The minimum absolute atomic E-state index is 0.510. The molecule has 4 heteroatoms. The lowest BCUT2D eigenvalue weighted by atomic mass is 10.1. The highest BCUT2D eigenvalue weighted by Crippen LogP contribution is 2.32. The molecular weight excluding hydrogens is 399 g/mol. The third kappa shape index (κ3) is 3.48. The maximum Gasteiger partial charge on any atom is 0.0717 e. The molecule has 0 amide bonds. The monoisotopic (exact) mass is 422 g/mol. The minimum atomic E-state index is 0.510. The highest BCUT2D eigenvalue weighted by molar-refractivity contribution is 14.1. The Morgan fingerprint density at radius 3 is 2.91 bits per heavy atom. The van der Waals surface area contributed by atoms with Crippen LogP contribution in [0.1, 0.15) is 31.4 Å². The van der Waals surface area contributed by atoms with E-state index in [2.05, 4.69) is 58.7 Å². The van der Waals surface area contributed by atoms with Gasteiger partial charge in [-0.3, -0.25) is 4.98 Å². The standard InChI is InChI=1S/C19H23IN2O/c1-13-19(9-15-6-7-16(20)10-18(15)21-13)22-8-2-3-17(22)12-23-11-14-4-5-14/h6-7,9-10,14,17H,2-5,8,11-12H2,1H3/t17-/m0/s1. The molecule has 1 saturated heterocycles. The number of pyridine rings is 1. The summed E-state index contributed by atoms with van der Waals surface area (Å²) in [5, 5.41) is 1.23. The first-order valence-corrected chi connectivity index (χ1v) is 9.70. The number of aryl methyl sites for hydroxylation is 1. The second-order valence-corrected chi connectivity index (χ2v) is 8.15. The molecule has 23 heavy (non-hydrogen) atoms. The van der Waals surface area contributed by atoms with Crippen LogP contribution in [0.4, 0.5) is 5.69 Å². The zero-order chi connectivity index (χ0) is 15.8. The summed E-state index contributed by atoms with van der Waals surface area (Å²) in [7, 11) is 0. The van der Waals surface area contributed by atoms with Gasteiger partial charge in [0.15, 0.2) is 0 Å². The van der Waals surface area contributed by atoms with Gasteiger partial charge in [-0.15, -0.1) is 0 Å². The minimum Gasteiger partial charge on any atom is -0.379 e. The van der Waals surface area contributed by atoms with Crippen LogP contribution in [0.15, 0.2) is 24.3 Å². The Bertz CT molecular complexity index is 714. The Morgan fingerprint density at radius 1 is 1.22 bits per heavy atom. The summed E-state index contributed by atoms with van der Waals surface area (Å²) >= 11 is 2.35. The van der Waals surface area contributed by atoms with Crippen LogP contribution in [-0.4, -0.2) is 30.8 Å². The van der Waals surface area contributed by atoms with Crippen molar-refractivity contribution in [3.63, 3.8) is 0 Å². The van der Waals surface area contributed by atoms with Gasteiger partial charge in [-0.2, -0.15) is 0 Å². The SMILES string of the molecule is Cc1nc2cc(I)ccc2cc1N1CCC[C@H]1COCC1CC1. The molecule has 0 N–H and O–H groups in total. The molecule has 2 fully saturated rings. The zero-order valence-electron chi connectivity index (χ0n) is 13.6. The summed E-state index contributed by atoms with van der Waals surface area (Å²) in [6.45, 7) is 5.07. The Hall–Kier alpha value is -0.880. The summed E-state index contributed by atoms with van der Waals surface area (Å²) in [5.74, 6) is 0.844. The van der Waals surface area contributed by atoms with E-state index in [9.17, 15) is 0 Å². The Labute approximate surface area is 151 Å². The predicted octanol–water partition coefficient (Wildman–Crippen LogP) is 4.54. The number of ether oxygens (including phenoxy) is 1. The highest BCUT2D eigenvalue weighted by atomic mass is 127. The van der Waals surface area contributed by atoms with E-state index in [1.54, 1.807) is 0 Å². The van der Waals surface area contributed by atoms with E-state index in [1.165, 1.54) is 40.3 Å². The van der Waals surface area contributed by atoms with Crippen LogP contribution >= 0.6 is 22.6 Å². The second-order valence-electron chi connectivity index (χ2n) is 6.90. The van der Waals surface area contributed by atoms with E-state index in [-0.39, 0.29) is 0 Å². The molecule has 1 atom stereocenters. The Kier molecular flexibility index (Phi) is 4.46. The number of halogens is 1. The largest absolute Gasteiger partial charge is 0.379 e. The molecule has 0 radical (unpaired) electrons. The third-order valence-electron chi connectivity index (χ3n) is 4.99. The number of fused-ring (bicyclic) bond motifs is 1. The van der Waals surface area contributed by atoms with E-state index in [0.717, 1.165) is 36.9 Å². The van der Waals surface area contributed by atoms with E-state index < -0.39 is 0 Å². The van der Waals surface area contributed by atoms with Gasteiger partial charge in [-0.1, -0.05) is 6.07 Å². The van der Waals surface area contributed by atoms with Gasteiger partial charge in [-0.05, 0) is 79.3 Å². The average Bonchev–Trinajstić information content (AvgIpc) is 3.23. The van der Waals surface area contributed by atoms with Crippen LogP contribution < -0.4 is 4.90 Å². The van der Waals surface area contributed by atoms with Crippen LogP contribution in [0.5, 0.6) is 0 Å². The highest BCUT2D eigenvalue weighted by Gasteiger charge is 2.28. The smallest absolute Gasteiger partial charge is 0.0717 e. The summed E-state index contributed by atoms with van der Waals surface area (Å²) in [6, 6.07) is 9.32. The molecule has 122 valence electrons. The van der Waals surface area contributed by atoms with Gasteiger partial charge in [0, 0.05) is 22.1 Å². The van der Waals surface area contributed by atoms with Crippen LogP contribution in [-0.2, 0) is 4.74 Å². The predicted molar refractivity (Wildman–Crippen MR) is 103 cm³/mol. The number of anilines is 1. The van der Waals surface area contributed by atoms with Crippen molar-refractivity contribution in [2.45, 2.75) is 38.6 Å². The maximum atomic E-state index is 5.97. The van der Waals surface area contributed by atoms with E-state index in [0.29, 0.717) is 6.04 Å². The summed E-state index contributed by atoms with van der Waals surface area (Å²) < 4.78 is 7.21. The first kappa shape index (κ1) is 15.6. The van der Waals surface area contributed by atoms with Gasteiger partial charge in [0.2, 0.25) is 0 Å². The molecule has 0 bridgehead atoms. The summed E-state index contributed by atoms with van der Waals surface area (Å²) in [6.07, 6.45) is 5.21. The van der Waals surface area contributed by atoms with Crippen molar-refractivity contribution < 1.29 is 4.74 Å². The van der Waals surface area contributed by atoms with Crippen molar-refractivity contribution >= 4 is 39.2 Å². The fraction of sp³-hybridized carbons (Fsp3) is 0.526. The lowest BCUT2D eigenvalue weighted by Crippen LogP contribution is -2.34. The van der Waals surface area contributed by atoms with Gasteiger partial charge in [-0.25, -0.2) is 0 Å². The van der Waals surface area contributed by atoms with Crippen molar-refractivity contribution in [1.29, 1.82) is 0 Å². The molecule has 0 unspecified atom stereocenters. The zero-order valence-corrected chi connectivity index (χ0v) is 15.8. The number of hydrogen-bond acceptors (Lipinski definition) is 3. The number of aromatic nitrogens is 1. The second kappa shape index (κ2) is 6.55. The molecule has 1 aliphatic carbocycles. The maximum absolute atomic E-state index is 5.97. The fourth-order valence-electron chi connectivity index (χ4n) is 3.50.